The molecule has 1 aromatic carbocycles. The molecule has 1 aromatic heterocycles. The number of aromatic nitrogens is 2. The number of carbonyl (C=O) groups is 1. The maximum Gasteiger partial charge on any atom is 0.315 e. The van der Waals surface area contributed by atoms with Crippen molar-refractivity contribution in [3.8, 4) is 11.5 Å². The molecule has 0 amide bonds. The fourth-order valence-electron chi connectivity index (χ4n) is 4.03. The number of ether oxygens (including phenoxy) is 2. The molecule has 0 bridgehead atoms. The summed E-state index contributed by atoms with van der Waals surface area (Å²) in [5.41, 5.74) is 0.950. The van der Waals surface area contributed by atoms with Crippen molar-refractivity contribution in [3.63, 3.8) is 0 Å². The first-order valence-corrected chi connectivity index (χ1v) is 9.92. The molecular weight excluding hydrogens is 384 g/mol. The highest BCUT2D eigenvalue weighted by Gasteiger charge is 2.62. The molecule has 1 saturated carbocycles. The van der Waals surface area contributed by atoms with Crippen LogP contribution in [-0.4, -0.2) is 34.8 Å². The highest BCUT2D eigenvalue weighted by Crippen LogP contribution is 2.59. The lowest BCUT2D eigenvalue weighted by atomic mass is 10.0. The van der Waals surface area contributed by atoms with E-state index in [1.807, 2.05) is 31.2 Å². The summed E-state index contributed by atoms with van der Waals surface area (Å²) < 4.78 is 12.2. The summed E-state index contributed by atoms with van der Waals surface area (Å²) in [7, 11) is 3.18. The van der Waals surface area contributed by atoms with Gasteiger partial charge in [-0.1, -0.05) is 25.5 Å². The Morgan fingerprint density at radius 2 is 1.97 bits per heavy atom. The average molecular weight is 408 g/mol. The zero-order valence-electron chi connectivity index (χ0n) is 17.2. The van der Waals surface area contributed by atoms with Gasteiger partial charge in [0.15, 0.2) is 0 Å². The van der Waals surface area contributed by atoms with Crippen molar-refractivity contribution >= 4 is 24.2 Å². The smallest absolute Gasteiger partial charge is 0.315 e. The zero-order chi connectivity index (χ0) is 21.5. The largest absolute Gasteiger partial charge is 0.497 e. The van der Waals surface area contributed by atoms with E-state index in [-0.39, 0.29) is 11.6 Å². The maximum atomic E-state index is 13.3. The average Bonchev–Trinajstić information content (AvgIpc) is 3.50. The zero-order valence-corrected chi connectivity index (χ0v) is 17.2. The topological polar surface area (TPSA) is 90.7 Å². The molecule has 4 rings (SSSR count). The molecule has 7 nitrogen and oxygen atoms in total. The van der Waals surface area contributed by atoms with E-state index >= 15 is 0 Å². The van der Waals surface area contributed by atoms with Crippen molar-refractivity contribution in [2.24, 2.45) is 5.41 Å². The molecule has 30 heavy (non-hydrogen) atoms. The first-order chi connectivity index (χ1) is 14.4. The van der Waals surface area contributed by atoms with Crippen molar-refractivity contribution in [2.75, 3.05) is 14.2 Å². The van der Waals surface area contributed by atoms with Crippen LogP contribution in [0.15, 0.2) is 29.1 Å². The lowest BCUT2D eigenvalue weighted by Gasteiger charge is -2.19. The fourth-order valence-corrected chi connectivity index (χ4v) is 4.03. The fraction of sp³-hybridized carbons (Fsp3) is 0.348. The maximum absolute atomic E-state index is 13.3. The molecule has 2 unspecified atom stereocenters. The van der Waals surface area contributed by atoms with Crippen LogP contribution in [0.2, 0.25) is 0 Å². The Hall–Kier alpha value is -3.35. The number of nitrogens with zero attached hydrogens (tertiary/aromatic N) is 2. The number of hydrogen-bond donors (Lipinski definition) is 1. The van der Waals surface area contributed by atoms with E-state index in [9.17, 15) is 14.7 Å². The molecule has 1 aliphatic heterocycles. The summed E-state index contributed by atoms with van der Waals surface area (Å²) in [6, 6.07) is 5.18. The van der Waals surface area contributed by atoms with Crippen LogP contribution in [-0.2, 0) is 11.2 Å². The van der Waals surface area contributed by atoms with Gasteiger partial charge in [0.25, 0.3) is 5.56 Å². The molecule has 1 fully saturated rings. The molecule has 2 heterocycles. The molecule has 156 valence electrons. The highest BCUT2D eigenvalue weighted by molar-refractivity contribution is 5.84. The second-order valence-electron chi connectivity index (χ2n) is 7.64. The molecule has 0 spiro atoms. The third-order valence-corrected chi connectivity index (χ3v) is 5.78. The number of rotatable bonds is 7. The van der Waals surface area contributed by atoms with Gasteiger partial charge < -0.3 is 14.6 Å². The van der Waals surface area contributed by atoms with Gasteiger partial charge in [-0.15, -0.1) is 0 Å². The SMILES string of the molecule is CCCc1c(/C=C/c2cc(OC)cc(OC)c2)nc2n(c1=O)C1CC1(C(=O)O)C=C2. The normalized spacial score (nSPS) is 21.2. The molecule has 0 saturated heterocycles. The number of methoxy groups -OCH3 is 2. The number of aliphatic carboxylic acids is 1. The quantitative estimate of drug-likeness (QED) is 0.755. The molecule has 2 atom stereocenters. The molecule has 7 heteroatoms. The van der Waals surface area contributed by atoms with Gasteiger partial charge in [-0.05, 0) is 42.7 Å². The molecular formula is C23H24N2O5. The van der Waals surface area contributed by atoms with E-state index in [1.165, 1.54) is 0 Å². The van der Waals surface area contributed by atoms with Crippen molar-refractivity contribution < 1.29 is 19.4 Å². The van der Waals surface area contributed by atoms with Crippen molar-refractivity contribution in [1.82, 2.24) is 9.55 Å². The predicted octanol–water partition coefficient (Wildman–Crippen LogP) is 3.43. The summed E-state index contributed by atoms with van der Waals surface area (Å²) in [6.45, 7) is 2.00. The summed E-state index contributed by atoms with van der Waals surface area (Å²) in [4.78, 5) is 29.6. The van der Waals surface area contributed by atoms with Crippen LogP contribution in [0.5, 0.6) is 11.5 Å². The lowest BCUT2D eigenvalue weighted by molar-refractivity contribution is -0.141. The number of carboxylic acid groups (broad SMARTS) is 1. The van der Waals surface area contributed by atoms with E-state index in [2.05, 4.69) is 0 Å². The standard InChI is InChI=1S/C23H24N2O5/c1-4-5-17-18(7-6-14-10-15(29-2)12-16(11-14)30-3)24-20-8-9-23(22(27)28)13-19(23)25(20)21(17)26/h6-12,19H,4-5,13H2,1-3H3,(H,27,28)/b7-6+. The minimum Gasteiger partial charge on any atom is -0.497 e. The molecule has 2 aliphatic rings. The van der Waals surface area contributed by atoms with E-state index < -0.39 is 11.4 Å². The summed E-state index contributed by atoms with van der Waals surface area (Å²) >= 11 is 0. The third kappa shape index (κ3) is 3.20. The van der Waals surface area contributed by atoms with Crippen LogP contribution in [0.4, 0.5) is 0 Å². The Morgan fingerprint density at radius 1 is 1.27 bits per heavy atom. The summed E-state index contributed by atoms with van der Waals surface area (Å²) in [5.74, 6) is 0.947. The van der Waals surface area contributed by atoms with Crippen molar-refractivity contribution in [2.45, 2.75) is 32.2 Å². The minimum absolute atomic E-state index is 0.151. The number of benzene rings is 1. The van der Waals surface area contributed by atoms with E-state index in [0.29, 0.717) is 41.4 Å². The summed E-state index contributed by atoms with van der Waals surface area (Å²) in [6.07, 6.45) is 8.80. The van der Waals surface area contributed by atoms with Crippen molar-refractivity contribution in [3.05, 3.63) is 57.3 Å². The van der Waals surface area contributed by atoms with E-state index in [0.717, 1.165) is 12.0 Å². The van der Waals surface area contributed by atoms with E-state index in [4.69, 9.17) is 14.5 Å². The molecule has 1 aliphatic carbocycles. The van der Waals surface area contributed by atoms with Gasteiger partial charge in [-0.2, -0.15) is 0 Å². The van der Waals surface area contributed by atoms with Crippen LogP contribution >= 0.6 is 0 Å². The van der Waals surface area contributed by atoms with Crippen molar-refractivity contribution in [1.29, 1.82) is 0 Å². The number of hydrogen-bond acceptors (Lipinski definition) is 5. The Labute approximate surface area is 174 Å². The second-order valence-corrected chi connectivity index (χ2v) is 7.64. The number of carboxylic acids is 1. The summed E-state index contributed by atoms with van der Waals surface area (Å²) in [5, 5.41) is 9.56. The number of fused-ring (bicyclic) bond motifs is 3. The first-order valence-electron chi connectivity index (χ1n) is 9.92. The van der Waals surface area contributed by atoms with Crippen LogP contribution in [0, 0.1) is 5.41 Å². The second kappa shape index (κ2) is 7.48. The monoisotopic (exact) mass is 408 g/mol. The van der Waals surface area contributed by atoms with Gasteiger partial charge in [0.1, 0.15) is 22.7 Å². The minimum atomic E-state index is -0.962. The van der Waals surface area contributed by atoms with Gasteiger partial charge in [-0.25, -0.2) is 4.98 Å². The van der Waals surface area contributed by atoms with Gasteiger partial charge in [0, 0.05) is 11.6 Å². The lowest BCUT2D eigenvalue weighted by Crippen LogP contribution is -2.32. The molecule has 2 aromatic rings. The van der Waals surface area contributed by atoms with Crippen LogP contribution in [0.1, 0.15) is 48.5 Å². The predicted molar refractivity (Wildman–Crippen MR) is 114 cm³/mol. The Morgan fingerprint density at radius 3 is 2.57 bits per heavy atom. The van der Waals surface area contributed by atoms with Gasteiger partial charge in [0.2, 0.25) is 0 Å². The van der Waals surface area contributed by atoms with Gasteiger partial charge in [-0.3, -0.25) is 14.2 Å². The Bertz CT molecular complexity index is 1110. The third-order valence-electron chi connectivity index (χ3n) is 5.78. The van der Waals surface area contributed by atoms with E-state index in [1.54, 1.807) is 37.0 Å². The molecule has 1 N–H and O–H groups in total. The van der Waals surface area contributed by atoms with Crippen LogP contribution < -0.4 is 15.0 Å². The molecule has 0 radical (unpaired) electrons. The van der Waals surface area contributed by atoms with Crippen LogP contribution in [0.25, 0.3) is 18.2 Å². The first kappa shape index (κ1) is 19.9. The van der Waals surface area contributed by atoms with Gasteiger partial charge in [0.05, 0.1) is 26.0 Å². The Kier molecular flexibility index (Phi) is 4.97. The Balaban J connectivity index is 1.77. The van der Waals surface area contributed by atoms with Gasteiger partial charge >= 0.3 is 5.97 Å². The van der Waals surface area contributed by atoms with Crippen LogP contribution in [0.3, 0.4) is 0 Å². The highest BCUT2D eigenvalue weighted by atomic mass is 16.5.